The van der Waals surface area contributed by atoms with E-state index in [0.717, 1.165) is 27.8 Å². The van der Waals surface area contributed by atoms with E-state index in [0.29, 0.717) is 5.58 Å². The molecule has 0 unspecified atom stereocenters. The average molecular weight is 265 g/mol. The van der Waals surface area contributed by atoms with Crippen LogP contribution in [0.1, 0.15) is 5.69 Å². The van der Waals surface area contributed by atoms with Crippen LogP contribution in [0.2, 0.25) is 0 Å². The van der Waals surface area contributed by atoms with Crippen molar-refractivity contribution in [3.05, 3.63) is 58.6 Å². The van der Waals surface area contributed by atoms with E-state index < -0.39 is 0 Å². The molecule has 0 atom stereocenters. The molecule has 0 saturated carbocycles. The maximum Gasteiger partial charge on any atom is 0.331 e. The Hall–Kier alpha value is -2.82. The van der Waals surface area contributed by atoms with E-state index in [1.807, 2.05) is 49.4 Å². The fourth-order valence-corrected chi connectivity index (χ4v) is 2.50. The van der Waals surface area contributed by atoms with Gasteiger partial charge < -0.3 is 9.51 Å². The molecule has 0 aliphatic heterocycles. The van der Waals surface area contributed by atoms with Crippen LogP contribution in [0.5, 0.6) is 0 Å². The molecular formula is C15H11N3O2. The Labute approximate surface area is 113 Å². The Balaban J connectivity index is 2.05. The third-order valence-electron chi connectivity index (χ3n) is 3.48. The predicted molar refractivity (Wildman–Crippen MR) is 76.2 cm³/mol. The largest absolute Gasteiger partial charge is 0.356 e. The lowest BCUT2D eigenvalue weighted by Crippen LogP contribution is -2.14. The summed E-state index contributed by atoms with van der Waals surface area (Å²) in [6.07, 6.45) is 0. The Morgan fingerprint density at radius 2 is 2.05 bits per heavy atom. The molecule has 2 aromatic carbocycles. The molecule has 0 aliphatic carbocycles. The molecule has 2 heterocycles. The quantitative estimate of drug-likeness (QED) is 0.575. The standard InChI is InChI=1S/C15H11N3O2/c1-9-11-7-6-10(8-14(11)20-17-9)18-13-5-3-2-4-12(13)16-15(18)19/h2-8H,1H3,(H,16,19). The van der Waals surface area contributed by atoms with Crippen molar-refractivity contribution in [3.63, 3.8) is 0 Å². The van der Waals surface area contributed by atoms with Crippen LogP contribution in [0.4, 0.5) is 0 Å². The summed E-state index contributed by atoms with van der Waals surface area (Å²) >= 11 is 0. The number of H-pyrrole nitrogens is 1. The summed E-state index contributed by atoms with van der Waals surface area (Å²) in [5, 5.41) is 4.89. The molecule has 0 spiro atoms. The summed E-state index contributed by atoms with van der Waals surface area (Å²) < 4.78 is 6.90. The first kappa shape index (κ1) is 11.0. The molecule has 0 saturated heterocycles. The van der Waals surface area contributed by atoms with Crippen LogP contribution in [-0.2, 0) is 0 Å². The fraction of sp³-hybridized carbons (Fsp3) is 0.0667. The highest BCUT2D eigenvalue weighted by Gasteiger charge is 2.10. The molecule has 98 valence electrons. The van der Waals surface area contributed by atoms with Gasteiger partial charge in [0.2, 0.25) is 0 Å². The second-order valence-corrected chi connectivity index (χ2v) is 4.73. The summed E-state index contributed by atoms with van der Waals surface area (Å²) in [4.78, 5) is 15.0. The maximum atomic E-state index is 12.1. The molecule has 20 heavy (non-hydrogen) atoms. The normalized spacial score (nSPS) is 11.4. The topological polar surface area (TPSA) is 63.8 Å². The van der Waals surface area contributed by atoms with Crippen LogP contribution in [0, 0.1) is 6.92 Å². The third kappa shape index (κ3) is 1.43. The van der Waals surface area contributed by atoms with Crippen LogP contribution >= 0.6 is 0 Å². The Morgan fingerprint density at radius 1 is 1.20 bits per heavy atom. The van der Waals surface area contributed by atoms with Crippen molar-refractivity contribution in [3.8, 4) is 5.69 Å². The first-order chi connectivity index (χ1) is 9.74. The third-order valence-corrected chi connectivity index (χ3v) is 3.48. The minimum absolute atomic E-state index is 0.165. The van der Waals surface area contributed by atoms with Gasteiger partial charge in [-0.1, -0.05) is 17.3 Å². The lowest BCUT2D eigenvalue weighted by Gasteiger charge is -2.02. The van der Waals surface area contributed by atoms with Crippen LogP contribution in [0.15, 0.2) is 51.8 Å². The van der Waals surface area contributed by atoms with Gasteiger partial charge in [0.25, 0.3) is 0 Å². The second kappa shape index (κ2) is 3.84. The SMILES string of the molecule is Cc1noc2cc(-n3c(=O)[nH]c4ccccc43)ccc12. The van der Waals surface area contributed by atoms with Gasteiger partial charge >= 0.3 is 5.69 Å². The van der Waals surface area contributed by atoms with Crippen molar-refractivity contribution in [2.24, 2.45) is 0 Å². The summed E-state index contributed by atoms with van der Waals surface area (Å²) in [6.45, 7) is 1.89. The monoisotopic (exact) mass is 265 g/mol. The zero-order chi connectivity index (χ0) is 13.7. The van der Waals surface area contributed by atoms with Crippen molar-refractivity contribution < 1.29 is 4.52 Å². The van der Waals surface area contributed by atoms with Crippen LogP contribution in [0.3, 0.4) is 0 Å². The number of imidazole rings is 1. The molecule has 0 amide bonds. The number of aryl methyl sites for hydroxylation is 1. The molecule has 4 rings (SSSR count). The van der Waals surface area contributed by atoms with Gasteiger partial charge in [0.15, 0.2) is 5.58 Å². The van der Waals surface area contributed by atoms with Gasteiger partial charge in [-0.05, 0) is 31.2 Å². The zero-order valence-electron chi connectivity index (χ0n) is 10.8. The van der Waals surface area contributed by atoms with Crippen molar-refractivity contribution in [1.82, 2.24) is 14.7 Å². The van der Waals surface area contributed by atoms with E-state index in [1.54, 1.807) is 4.57 Å². The number of rotatable bonds is 1. The van der Waals surface area contributed by atoms with E-state index in [-0.39, 0.29) is 5.69 Å². The predicted octanol–water partition coefficient (Wildman–Crippen LogP) is 2.77. The van der Waals surface area contributed by atoms with E-state index in [2.05, 4.69) is 10.1 Å². The summed E-state index contributed by atoms with van der Waals surface area (Å²) in [5.41, 5.74) is 3.77. The highest BCUT2D eigenvalue weighted by Crippen LogP contribution is 2.22. The minimum Gasteiger partial charge on any atom is -0.356 e. The molecular weight excluding hydrogens is 254 g/mol. The van der Waals surface area contributed by atoms with Crippen LogP contribution in [-0.4, -0.2) is 14.7 Å². The number of nitrogens with one attached hydrogen (secondary N) is 1. The van der Waals surface area contributed by atoms with Gasteiger partial charge in [-0.25, -0.2) is 4.79 Å². The van der Waals surface area contributed by atoms with Crippen molar-refractivity contribution in [1.29, 1.82) is 0 Å². The lowest BCUT2D eigenvalue weighted by atomic mass is 10.2. The number of aromatic nitrogens is 3. The molecule has 5 heteroatoms. The molecule has 2 aromatic heterocycles. The van der Waals surface area contributed by atoms with Crippen LogP contribution in [0.25, 0.3) is 27.7 Å². The smallest absolute Gasteiger partial charge is 0.331 e. The van der Waals surface area contributed by atoms with E-state index in [4.69, 9.17) is 4.52 Å². The Morgan fingerprint density at radius 3 is 2.95 bits per heavy atom. The highest BCUT2D eigenvalue weighted by molar-refractivity contribution is 5.83. The molecule has 1 N–H and O–H groups in total. The average Bonchev–Trinajstić information content (AvgIpc) is 2.98. The number of aromatic amines is 1. The molecule has 4 aromatic rings. The highest BCUT2D eigenvalue weighted by atomic mass is 16.5. The lowest BCUT2D eigenvalue weighted by molar-refractivity contribution is 0.450. The molecule has 0 bridgehead atoms. The number of nitrogens with zero attached hydrogens (tertiary/aromatic N) is 2. The molecule has 5 nitrogen and oxygen atoms in total. The van der Waals surface area contributed by atoms with Gasteiger partial charge in [-0.2, -0.15) is 0 Å². The second-order valence-electron chi connectivity index (χ2n) is 4.73. The fourth-order valence-electron chi connectivity index (χ4n) is 2.50. The van der Waals surface area contributed by atoms with Crippen LogP contribution < -0.4 is 5.69 Å². The Kier molecular flexibility index (Phi) is 2.12. The summed E-state index contributed by atoms with van der Waals surface area (Å²) in [5.74, 6) is 0. The Bertz CT molecular complexity index is 991. The first-order valence-corrected chi connectivity index (χ1v) is 6.30. The van der Waals surface area contributed by atoms with Gasteiger partial charge in [0, 0.05) is 11.5 Å². The van der Waals surface area contributed by atoms with Gasteiger partial charge in [-0.3, -0.25) is 4.57 Å². The minimum atomic E-state index is -0.165. The van der Waals surface area contributed by atoms with Gasteiger partial charge in [0.05, 0.1) is 22.4 Å². The zero-order valence-corrected chi connectivity index (χ0v) is 10.8. The van der Waals surface area contributed by atoms with E-state index in [1.165, 1.54) is 0 Å². The van der Waals surface area contributed by atoms with Gasteiger partial charge in [-0.15, -0.1) is 0 Å². The van der Waals surface area contributed by atoms with Crippen molar-refractivity contribution in [2.75, 3.05) is 0 Å². The first-order valence-electron chi connectivity index (χ1n) is 6.30. The molecule has 0 fully saturated rings. The van der Waals surface area contributed by atoms with E-state index in [9.17, 15) is 4.79 Å². The number of hydrogen-bond donors (Lipinski definition) is 1. The maximum absolute atomic E-state index is 12.1. The number of fused-ring (bicyclic) bond motifs is 2. The van der Waals surface area contributed by atoms with Crippen molar-refractivity contribution in [2.45, 2.75) is 6.92 Å². The van der Waals surface area contributed by atoms with E-state index >= 15 is 0 Å². The van der Waals surface area contributed by atoms with Crippen molar-refractivity contribution >= 4 is 22.0 Å². The van der Waals surface area contributed by atoms with Gasteiger partial charge in [0.1, 0.15) is 0 Å². The number of para-hydroxylation sites is 2. The number of hydrogen-bond acceptors (Lipinski definition) is 3. The summed E-state index contributed by atoms with van der Waals surface area (Å²) in [6, 6.07) is 13.2. The summed E-state index contributed by atoms with van der Waals surface area (Å²) in [7, 11) is 0. The number of benzene rings is 2. The molecule has 0 radical (unpaired) electrons. The molecule has 0 aliphatic rings.